The van der Waals surface area contributed by atoms with E-state index in [1.165, 1.54) is 74.7 Å². The van der Waals surface area contributed by atoms with Crippen molar-refractivity contribution in [2.75, 3.05) is 4.90 Å². The van der Waals surface area contributed by atoms with E-state index >= 15 is 0 Å². The first-order valence-corrected chi connectivity index (χ1v) is 19.1. The minimum absolute atomic E-state index is 0.244. The Hall–Kier alpha value is -5.28. The number of aromatic nitrogens is 1. The SMILES string of the molecule is C1=CC(C2C=CCCC2)CC(n2c3c(c4cc(C5=CC6C7C=CC=CC7N(c7cccc8c7oc7ccccc78)C6C=C5)ccc42)C=CCC3)=C1. The monoisotopic (exact) mass is 662 g/mol. The first-order valence-electron chi connectivity index (χ1n) is 19.1. The Balaban J connectivity index is 0.970. The minimum Gasteiger partial charge on any atom is -0.454 e. The van der Waals surface area contributed by atoms with Crippen molar-refractivity contribution < 1.29 is 4.42 Å². The van der Waals surface area contributed by atoms with Crippen molar-refractivity contribution in [1.29, 1.82) is 0 Å². The molecule has 2 aromatic heterocycles. The van der Waals surface area contributed by atoms with Crippen LogP contribution < -0.4 is 4.90 Å². The van der Waals surface area contributed by atoms with Gasteiger partial charge in [-0.25, -0.2) is 0 Å². The molecule has 3 heteroatoms. The minimum atomic E-state index is 0.244. The summed E-state index contributed by atoms with van der Waals surface area (Å²) in [6.07, 6.45) is 40.7. The number of fused-ring (bicyclic) bond motifs is 9. The Bertz CT molecular complexity index is 2490. The van der Waals surface area contributed by atoms with E-state index in [0.717, 1.165) is 30.4 Å². The van der Waals surface area contributed by atoms with Crippen molar-refractivity contribution in [1.82, 2.24) is 4.57 Å². The van der Waals surface area contributed by atoms with Crippen LogP contribution in [-0.4, -0.2) is 16.7 Å². The van der Waals surface area contributed by atoms with Gasteiger partial charge in [-0.15, -0.1) is 0 Å². The number of anilines is 1. The highest BCUT2D eigenvalue weighted by Crippen LogP contribution is 2.49. The van der Waals surface area contributed by atoms with Crippen LogP contribution in [0.2, 0.25) is 0 Å². The molecule has 51 heavy (non-hydrogen) atoms. The number of benzene rings is 3. The second-order valence-electron chi connectivity index (χ2n) is 15.3. The van der Waals surface area contributed by atoms with Crippen LogP contribution in [0.3, 0.4) is 0 Å². The molecule has 3 aromatic carbocycles. The van der Waals surface area contributed by atoms with E-state index in [9.17, 15) is 0 Å². The summed E-state index contributed by atoms with van der Waals surface area (Å²) in [5.74, 6) is 1.98. The lowest BCUT2D eigenvalue weighted by molar-refractivity contribution is 0.421. The molecule has 0 radical (unpaired) electrons. The molecule has 6 atom stereocenters. The van der Waals surface area contributed by atoms with Gasteiger partial charge in [0.1, 0.15) is 5.58 Å². The van der Waals surface area contributed by atoms with Gasteiger partial charge in [0.2, 0.25) is 0 Å². The smallest absolute Gasteiger partial charge is 0.158 e. The molecule has 1 aliphatic heterocycles. The number of furan rings is 1. The summed E-state index contributed by atoms with van der Waals surface area (Å²) in [6, 6.07) is 22.8. The number of rotatable bonds is 4. The number of para-hydroxylation sites is 2. The van der Waals surface area contributed by atoms with Crippen molar-refractivity contribution in [3.8, 4) is 0 Å². The maximum atomic E-state index is 6.57. The van der Waals surface area contributed by atoms with Crippen LogP contribution >= 0.6 is 0 Å². The van der Waals surface area contributed by atoms with E-state index in [1.54, 1.807) is 0 Å². The highest BCUT2D eigenvalue weighted by atomic mass is 16.3. The summed E-state index contributed by atoms with van der Waals surface area (Å²) < 4.78 is 9.20. The number of hydrogen-bond acceptors (Lipinski definition) is 2. The molecule has 3 nitrogen and oxygen atoms in total. The zero-order chi connectivity index (χ0) is 33.5. The van der Waals surface area contributed by atoms with Crippen LogP contribution in [-0.2, 0) is 6.42 Å². The van der Waals surface area contributed by atoms with Gasteiger partial charge in [-0.1, -0.05) is 115 Å². The number of allylic oxidation sites excluding steroid dienone is 11. The molecule has 0 amide bonds. The zero-order valence-electron chi connectivity index (χ0n) is 28.9. The molecule has 0 saturated carbocycles. The average Bonchev–Trinajstić information content (AvgIpc) is 3.86. The van der Waals surface area contributed by atoms with Gasteiger partial charge in [0.15, 0.2) is 5.58 Å². The maximum Gasteiger partial charge on any atom is 0.158 e. The quantitative estimate of drug-likeness (QED) is 0.179. The van der Waals surface area contributed by atoms with E-state index < -0.39 is 0 Å². The molecule has 0 bridgehead atoms. The molecular formula is C48H42N2O. The predicted octanol–water partition coefficient (Wildman–Crippen LogP) is 11.8. The van der Waals surface area contributed by atoms with E-state index in [1.807, 2.05) is 0 Å². The normalized spacial score (nSPS) is 27.6. The fourth-order valence-corrected chi connectivity index (χ4v) is 10.3. The van der Waals surface area contributed by atoms with E-state index in [0.29, 0.717) is 23.7 Å². The Kier molecular flexibility index (Phi) is 6.72. The van der Waals surface area contributed by atoms with Crippen LogP contribution in [0.25, 0.3) is 50.2 Å². The molecule has 5 aliphatic carbocycles. The van der Waals surface area contributed by atoms with Crippen molar-refractivity contribution in [2.45, 2.75) is 50.6 Å². The standard InChI is InChI=1S/C48H42N2O/c1-2-12-31(13-3-1)32-14-10-15-35(28-32)49-42-20-7-4-16-36(42)40-29-33(24-26-44(40)49)34-25-27-45-41(30-34)37-17-5-8-21-43(37)50(45)46-22-11-19-39-38-18-6-9-23-47(38)51-48(39)46/h2,4-6,8-12,14-19,21-27,29-32,37,41,43,45H,1,3,7,13,20,28H2. The van der Waals surface area contributed by atoms with Gasteiger partial charge < -0.3 is 13.9 Å². The first-order chi connectivity index (χ1) is 25.3. The fraction of sp³-hybridized carbons (Fsp3) is 0.250. The highest BCUT2D eigenvalue weighted by Gasteiger charge is 2.47. The van der Waals surface area contributed by atoms with Gasteiger partial charge in [0.05, 0.1) is 23.3 Å². The number of hydrogen-bond donors (Lipinski definition) is 0. The molecular weight excluding hydrogens is 621 g/mol. The van der Waals surface area contributed by atoms with Crippen LogP contribution in [0.4, 0.5) is 5.69 Å². The molecule has 5 aromatic rings. The summed E-state index contributed by atoms with van der Waals surface area (Å²) in [5, 5.41) is 3.75. The van der Waals surface area contributed by atoms with Crippen LogP contribution in [0.5, 0.6) is 0 Å². The molecule has 250 valence electrons. The van der Waals surface area contributed by atoms with Crippen LogP contribution in [0, 0.1) is 23.7 Å². The average molecular weight is 663 g/mol. The summed E-state index contributed by atoms with van der Waals surface area (Å²) in [6.45, 7) is 0. The molecule has 0 spiro atoms. The lowest BCUT2D eigenvalue weighted by Crippen LogP contribution is -2.36. The summed E-state index contributed by atoms with van der Waals surface area (Å²) in [5.41, 5.74) is 11.4. The Morgan fingerprint density at radius 1 is 0.706 bits per heavy atom. The second-order valence-corrected chi connectivity index (χ2v) is 15.3. The Labute approximate surface area is 299 Å². The van der Waals surface area contributed by atoms with Crippen LogP contribution in [0.1, 0.15) is 48.9 Å². The van der Waals surface area contributed by atoms with Gasteiger partial charge in [0, 0.05) is 44.9 Å². The molecule has 0 N–H and O–H groups in total. The van der Waals surface area contributed by atoms with Gasteiger partial charge in [-0.05, 0) is 91.8 Å². The van der Waals surface area contributed by atoms with Gasteiger partial charge in [-0.3, -0.25) is 0 Å². The molecule has 3 heterocycles. The van der Waals surface area contributed by atoms with Gasteiger partial charge in [-0.2, -0.15) is 0 Å². The summed E-state index contributed by atoms with van der Waals surface area (Å²) in [7, 11) is 0. The fourth-order valence-electron chi connectivity index (χ4n) is 10.3. The third kappa shape index (κ3) is 4.56. The molecule has 1 fully saturated rings. The topological polar surface area (TPSA) is 21.3 Å². The van der Waals surface area contributed by atoms with Crippen molar-refractivity contribution in [3.05, 3.63) is 156 Å². The molecule has 11 rings (SSSR count). The third-order valence-corrected chi connectivity index (χ3v) is 12.6. The van der Waals surface area contributed by atoms with Gasteiger partial charge in [0.25, 0.3) is 0 Å². The third-order valence-electron chi connectivity index (χ3n) is 12.6. The Morgan fingerprint density at radius 2 is 1.63 bits per heavy atom. The summed E-state index contributed by atoms with van der Waals surface area (Å²) in [4.78, 5) is 2.62. The van der Waals surface area contributed by atoms with E-state index in [2.05, 4.69) is 155 Å². The molecule has 1 saturated heterocycles. The number of nitrogens with zero attached hydrogens (tertiary/aromatic N) is 2. The van der Waals surface area contributed by atoms with Crippen molar-refractivity contribution in [3.63, 3.8) is 0 Å². The van der Waals surface area contributed by atoms with Crippen molar-refractivity contribution in [2.24, 2.45) is 23.7 Å². The second kappa shape index (κ2) is 11.6. The summed E-state index contributed by atoms with van der Waals surface area (Å²) >= 11 is 0. The van der Waals surface area contributed by atoms with E-state index in [4.69, 9.17) is 4.42 Å². The highest BCUT2D eigenvalue weighted by molar-refractivity contribution is 6.09. The van der Waals surface area contributed by atoms with E-state index in [-0.39, 0.29) is 12.1 Å². The predicted molar refractivity (Wildman–Crippen MR) is 213 cm³/mol. The van der Waals surface area contributed by atoms with Gasteiger partial charge >= 0.3 is 0 Å². The first kappa shape index (κ1) is 29.5. The van der Waals surface area contributed by atoms with Crippen molar-refractivity contribution >= 4 is 55.9 Å². The Morgan fingerprint density at radius 3 is 2.59 bits per heavy atom. The largest absolute Gasteiger partial charge is 0.454 e. The zero-order valence-corrected chi connectivity index (χ0v) is 28.9. The lowest BCUT2D eigenvalue weighted by Gasteiger charge is -2.32. The maximum absolute atomic E-state index is 6.57. The lowest BCUT2D eigenvalue weighted by atomic mass is 9.80. The van der Waals surface area contributed by atoms with Crippen LogP contribution in [0.15, 0.2) is 144 Å². The molecule has 6 unspecified atom stereocenters. The molecule has 6 aliphatic rings.